The topological polar surface area (TPSA) is 52.6 Å². The average Bonchev–Trinajstić information content (AvgIpc) is 2.88. The third-order valence-electron chi connectivity index (χ3n) is 2.74. The maximum Gasteiger partial charge on any atom is 0.336 e. The standard InChI is InChI=1S/C14H14O4/c1-2-17-14(16)12-7-8-18-13(12)11-5-3-10(9-15)4-6-11/h3-7,9,13H,2,8H2,1H3. The van der Waals surface area contributed by atoms with E-state index in [-0.39, 0.29) is 5.97 Å². The van der Waals surface area contributed by atoms with E-state index in [9.17, 15) is 9.59 Å². The van der Waals surface area contributed by atoms with E-state index in [1.165, 1.54) is 0 Å². The summed E-state index contributed by atoms with van der Waals surface area (Å²) in [5, 5.41) is 0. The van der Waals surface area contributed by atoms with E-state index in [4.69, 9.17) is 9.47 Å². The van der Waals surface area contributed by atoms with Crippen molar-refractivity contribution in [3.05, 3.63) is 47.0 Å². The van der Waals surface area contributed by atoms with E-state index < -0.39 is 6.10 Å². The molecule has 0 saturated heterocycles. The van der Waals surface area contributed by atoms with Crippen molar-refractivity contribution in [2.45, 2.75) is 13.0 Å². The number of benzene rings is 1. The van der Waals surface area contributed by atoms with Crippen LogP contribution in [0.1, 0.15) is 28.9 Å². The van der Waals surface area contributed by atoms with Crippen LogP contribution in [0.5, 0.6) is 0 Å². The summed E-state index contributed by atoms with van der Waals surface area (Å²) >= 11 is 0. The summed E-state index contributed by atoms with van der Waals surface area (Å²) in [6, 6.07) is 6.97. The lowest BCUT2D eigenvalue weighted by Crippen LogP contribution is -2.13. The molecule has 18 heavy (non-hydrogen) atoms. The molecular weight excluding hydrogens is 232 g/mol. The molecule has 1 aliphatic heterocycles. The van der Waals surface area contributed by atoms with Gasteiger partial charge in [0.15, 0.2) is 0 Å². The molecule has 0 bridgehead atoms. The van der Waals surface area contributed by atoms with Gasteiger partial charge in [0, 0.05) is 5.56 Å². The Labute approximate surface area is 105 Å². The van der Waals surface area contributed by atoms with Crippen molar-refractivity contribution >= 4 is 12.3 Å². The molecule has 1 aromatic rings. The molecule has 0 aliphatic carbocycles. The SMILES string of the molecule is CCOC(=O)C1=CCOC1c1ccc(C=O)cc1. The Balaban J connectivity index is 2.19. The van der Waals surface area contributed by atoms with Crippen LogP contribution in [-0.4, -0.2) is 25.5 Å². The van der Waals surface area contributed by atoms with E-state index in [1.54, 1.807) is 37.3 Å². The third kappa shape index (κ3) is 2.49. The first-order chi connectivity index (χ1) is 8.76. The quantitative estimate of drug-likeness (QED) is 0.602. The predicted octanol–water partition coefficient (Wildman–Crippen LogP) is 2.06. The van der Waals surface area contributed by atoms with Gasteiger partial charge in [0.1, 0.15) is 12.4 Å². The van der Waals surface area contributed by atoms with E-state index in [2.05, 4.69) is 0 Å². The Morgan fingerprint density at radius 3 is 2.78 bits per heavy atom. The van der Waals surface area contributed by atoms with Crippen molar-refractivity contribution in [2.24, 2.45) is 0 Å². The number of hydrogen-bond acceptors (Lipinski definition) is 4. The van der Waals surface area contributed by atoms with Crippen molar-refractivity contribution in [3.8, 4) is 0 Å². The van der Waals surface area contributed by atoms with Crippen LogP contribution in [0.25, 0.3) is 0 Å². The van der Waals surface area contributed by atoms with Crippen LogP contribution in [0.4, 0.5) is 0 Å². The van der Waals surface area contributed by atoms with Crippen LogP contribution >= 0.6 is 0 Å². The number of rotatable bonds is 4. The van der Waals surface area contributed by atoms with Crippen LogP contribution in [0.3, 0.4) is 0 Å². The lowest BCUT2D eigenvalue weighted by Gasteiger charge is -2.14. The van der Waals surface area contributed by atoms with Gasteiger partial charge in [-0.2, -0.15) is 0 Å². The number of carbonyl (C=O) groups is 2. The number of hydrogen-bond donors (Lipinski definition) is 0. The molecule has 1 atom stereocenters. The van der Waals surface area contributed by atoms with Gasteiger partial charge in [-0.25, -0.2) is 4.79 Å². The Bertz CT molecular complexity index is 473. The summed E-state index contributed by atoms with van der Waals surface area (Å²) in [7, 11) is 0. The summed E-state index contributed by atoms with van der Waals surface area (Å²) in [6.45, 7) is 2.50. The highest BCUT2D eigenvalue weighted by Crippen LogP contribution is 2.31. The minimum absolute atomic E-state index is 0.340. The summed E-state index contributed by atoms with van der Waals surface area (Å²) in [4.78, 5) is 22.3. The molecule has 0 fully saturated rings. The zero-order chi connectivity index (χ0) is 13.0. The molecule has 0 saturated carbocycles. The zero-order valence-corrected chi connectivity index (χ0v) is 10.1. The van der Waals surface area contributed by atoms with Gasteiger partial charge in [-0.3, -0.25) is 4.79 Å². The fourth-order valence-electron chi connectivity index (χ4n) is 1.86. The minimum atomic E-state index is -0.398. The van der Waals surface area contributed by atoms with E-state index in [0.717, 1.165) is 11.8 Å². The number of esters is 1. The highest BCUT2D eigenvalue weighted by atomic mass is 16.5. The normalized spacial score (nSPS) is 18.3. The monoisotopic (exact) mass is 246 g/mol. The van der Waals surface area contributed by atoms with Crippen molar-refractivity contribution in [2.75, 3.05) is 13.2 Å². The maximum atomic E-state index is 11.7. The molecule has 1 unspecified atom stereocenters. The second-order valence-electron chi connectivity index (χ2n) is 3.88. The van der Waals surface area contributed by atoms with Gasteiger partial charge in [0.2, 0.25) is 0 Å². The first-order valence-corrected chi connectivity index (χ1v) is 5.80. The molecule has 4 heteroatoms. The molecule has 1 heterocycles. The number of ether oxygens (including phenoxy) is 2. The van der Waals surface area contributed by atoms with E-state index in [0.29, 0.717) is 24.4 Å². The van der Waals surface area contributed by atoms with Crippen molar-refractivity contribution < 1.29 is 19.1 Å². The molecule has 0 amide bonds. The van der Waals surface area contributed by atoms with Gasteiger partial charge < -0.3 is 9.47 Å². The number of aldehydes is 1. The molecule has 4 nitrogen and oxygen atoms in total. The first-order valence-electron chi connectivity index (χ1n) is 5.80. The molecular formula is C14H14O4. The third-order valence-corrected chi connectivity index (χ3v) is 2.74. The minimum Gasteiger partial charge on any atom is -0.463 e. The summed E-state index contributed by atoms with van der Waals surface area (Å²) < 4.78 is 10.5. The molecule has 0 radical (unpaired) electrons. The van der Waals surface area contributed by atoms with Gasteiger partial charge in [0.25, 0.3) is 0 Å². The maximum absolute atomic E-state index is 11.7. The second kappa shape index (κ2) is 5.60. The van der Waals surface area contributed by atoms with Crippen molar-refractivity contribution in [3.63, 3.8) is 0 Å². The van der Waals surface area contributed by atoms with Crippen LogP contribution in [0.2, 0.25) is 0 Å². The first kappa shape index (κ1) is 12.5. The van der Waals surface area contributed by atoms with Gasteiger partial charge in [-0.15, -0.1) is 0 Å². The second-order valence-corrected chi connectivity index (χ2v) is 3.88. The van der Waals surface area contributed by atoms with Crippen molar-refractivity contribution in [1.82, 2.24) is 0 Å². The van der Waals surface area contributed by atoms with Crippen LogP contribution in [0.15, 0.2) is 35.9 Å². The highest BCUT2D eigenvalue weighted by molar-refractivity contribution is 5.90. The van der Waals surface area contributed by atoms with Gasteiger partial charge in [-0.05, 0) is 18.6 Å². The number of carbonyl (C=O) groups excluding carboxylic acids is 2. The van der Waals surface area contributed by atoms with E-state index >= 15 is 0 Å². The molecule has 2 rings (SSSR count). The Morgan fingerprint density at radius 1 is 1.44 bits per heavy atom. The average molecular weight is 246 g/mol. The predicted molar refractivity (Wildman–Crippen MR) is 65.2 cm³/mol. The lowest BCUT2D eigenvalue weighted by atomic mass is 10.0. The Morgan fingerprint density at radius 2 is 2.17 bits per heavy atom. The molecule has 0 aromatic heterocycles. The summed E-state index contributed by atoms with van der Waals surface area (Å²) in [5.74, 6) is -0.348. The summed E-state index contributed by atoms with van der Waals surface area (Å²) in [6.07, 6.45) is 2.11. The van der Waals surface area contributed by atoms with Crippen LogP contribution in [-0.2, 0) is 14.3 Å². The van der Waals surface area contributed by atoms with Gasteiger partial charge in [0.05, 0.1) is 18.8 Å². The molecule has 1 aromatic carbocycles. The molecule has 1 aliphatic rings. The lowest BCUT2D eigenvalue weighted by molar-refractivity contribution is -0.139. The van der Waals surface area contributed by atoms with E-state index in [1.807, 2.05) is 0 Å². The van der Waals surface area contributed by atoms with Gasteiger partial charge >= 0.3 is 5.97 Å². The summed E-state index contributed by atoms with van der Waals surface area (Å²) in [5.41, 5.74) is 1.96. The molecule has 0 N–H and O–H groups in total. The molecule has 94 valence electrons. The van der Waals surface area contributed by atoms with Crippen LogP contribution in [0, 0.1) is 0 Å². The van der Waals surface area contributed by atoms with Gasteiger partial charge in [-0.1, -0.05) is 24.3 Å². The zero-order valence-electron chi connectivity index (χ0n) is 10.1. The smallest absolute Gasteiger partial charge is 0.336 e. The fourth-order valence-corrected chi connectivity index (χ4v) is 1.86. The Hall–Kier alpha value is -1.94. The van der Waals surface area contributed by atoms with Crippen LogP contribution < -0.4 is 0 Å². The highest BCUT2D eigenvalue weighted by Gasteiger charge is 2.28. The largest absolute Gasteiger partial charge is 0.463 e. The van der Waals surface area contributed by atoms with Crippen molar-refractivity contribution in [1.29, 1.82) is 0 Å². The molecule has 0 spiro atoms. The fraction of sp³-hybridized carbons (Fsp3) is 0.286. The Kier molecular flexibility index (Phi) is 3.89.